The van der Waals surface area contributed by atoms with Crippen molar-refractivity contribution in [1.82, 2.24) is 4.72 Å². The van der Waals surface area contributed by atoms with Gasteiger partial charge in [-0.3, -0.25) is 4.79 Å². The van der Waals surface area contributed by atoms with Crippen LogP contribution in [-0.4, -0.2) is 20.9 Å². The topological polar surface area (TPSA) is 75.3 Å². The lowest BCUT2D eigenvalue weighted by atomic mass is 10.0. The van der Waals surface area contributed by atoms with E-state index in [9.17, 15) is 13.2 Å². The molecule has 0 fully saturated rings. The lowest BCUT2D eigenvalue weighted by Crippen LogP contribution is -2.34. The van der Waals surface area contributed by atoms with Crippen molar-refractivity contribution in [3.8, 4) is 0 Å². The first-order valence-electron chi connectivity index (χ1n) is 8.62. The van der Waals surface area contributed by atoms with Crippen molar-refractivity contribution in [2.75, 3.05) is 11.9 Å². The first kappa shape index (κ1) is 20.1. The van der Waals surface area contributed by atoms with Gasteiger partial charge in [0, 0.05) is 5.69 Å². The molecule has 0 aliphatic carbocycles. The lowest BCUT2D eigenvalue weighted by molar-refractivity contribution is -0.115. The van der Waals surface area contributed by atoms with Crippen molar-refractivity contribution in [1.29, 1.82) is 0 Å². The van der Waals surface area contributed by atoms with Gasteiger partial charge in [-0.2, -0.15) is 0 Å². The quantitative estimate of drug-likeness (QED) is 0.814. The largest absolute Gasteiger partial charge is 0.325 e. The molecule has 0 bridgehead atoms. The highest BCUT2D eigenvalue weighted by molar-refractivity contribution is 7.89. The van der Waals surface area contributed by atoms with Gasteiger partial charge in [-0.1, -0.05) is 31.2 Å². The van der Waals surface area contributed by atoms with Crippen LogP contribution < -0.4 is 10.0 Å². The van der Waals surface area contributed by atoms with Gasteiger partial charge in [-0.05, 0) is 68.0 Å². The first-order chi connectivity index (χ1) is 12.2. The molecule has 0 radical (unpaired) electrons. The van der Waals surface area contributed by atoms with Gasteiger partial charge >= 0.3 is 0 Å². The summed E-state index contributed by atoms with van der Waals surface area (Å²) in [6.45, 7) is 9.03. The number of para-hydroxylation sites is 1. The summed E-state index contributed by atoms with van der Waals surface area (Å²) in [7, 11) is -3.78. The second-order valence-electron chi connectivity index (χ2n) is 6.47. The maximum atomic E-state index is 12.8. The highest BCUT2D eigenvalue weighted by atomic mass is 32.2. The van der Waals surface area contributed by atoms with E-state index in [0.717, 1.165) is 23.1 Å². The van der Waals surface area contributed by atoms with E-state index in [1.165, 1.54) is 0 Å². The number of sulfonamides is 1. The van der Waals surface area contributed by atoms with Crippen molar-refractivity contribution in [3.05, 3.63) is 58.1 Å². The Hall–Kier alpha value is -2.18. The van der Waals surface area contributed by atoms with Crippen LogP contribution >= 0.6 is 0 Å². The Morgan fingerprint density at radius 3 is 2.15 bits per heavy atom. The summed E-state index contributed by atoms with van der Waals surface area (Å²) in [6, 6.07) is 9.45. The number of carbonyl (C=O) groups excluding carboxylic acids is 1. The van der Waals surface area contributed by atoms with Crippen LogP contribution in [0.3, 0.4) is 0 Å². The first-order valence-corrected chi connectivity index (χ1v) is 10.1. The fourth-order valence-electron chi connectivity index (χ4n) is 2.96. The fourth-order valence-corrected chi connectivity index (χ4v) is 4.56. The van der Waals surface area contributed by atoms with E-state index in [1.54, 1.807) is 13.8 Å². The lowest BCUT2D eigenvalue weighted by Gasteiger charge is -2.16. The summed E-state index contributed by atoms with van der Waals surface area (Å²) in [4.78, 5) is 12.5. The Morgan fingerprint density at radius 1 is 1.00 bits per heavy atom. The van der Waals surface area contributed by atoms with Crippen LogP contribution in [0.25, 0.3) is 0 Å². The number of aryl methyl sites for hydroxylation is 3. The van der Waals surface area contributed by atoms with Crippen LogP contribution in [0.15, 0.2) is 35.2 Å². The SMILES string of the molecule is CCc1ccccc1NC(=O)CNS(=O)(=O)c1c(C)c(C)cc(C)c1C. The zero-order valence-corrected chi connectivity index (χ0v) is 16.8. The Morgan fingerprint density at radius 2 is 1.58 bits per heavy atom. The number of benzene rings is 2. The monoisotopic (exact) mass is 374 g/mol. The Kier molecular flexibility index (Phi) is 6.21. The minimum Gasteiger partial charge on any atom is -0.325 e. The third-order valence-corrected chi connectivity index (χ3v) is 6.34. The number of anilines is 1. The Labute approximate surface area is 155 Å². The van der Waals surface area contributed by atoms with Crippen molar-refractivity contribution in [2.45, 2.75) is 45.9 Å². The molecule has 1 amide bonds. The zero-order valence-electron chi connectivity index (χ0n) is 15.9. The van der Waals surface area contributed by atoms with E-state index >= 15 is 0 Å². The number of carbonyl (C=O) groups is 1. The van der Waals surface area contributed by atoms with Crippen LogP contribution in [0.2, 0.25) is 0 Å². The van der Waals surface area contributed by atoms with Gasteiger partial charge < -0.3 is 5.32 Å². The maximum absolute atomic E-state index is 12.8. The van der Waals surface area contributed by atoms with Gasteiger partial charge in [0.15, 0.2) is 0 Å². The number of hydrogen-bond donors (Lipinski definition) is 2. The Balaban J connectivity index is 2.17. The maximum Gasteiger partial charge on any atom is 0.241 e. The number of amides is 1. The van der Waals surface area contributed by atoms with Gasteiger partial charge in [0.1, 0.15) is 0 Å². The molecule has 0 spiro atoms. The predicted octanol–water partition coefficient (Wildman–Crippen LogP) is 3.40. The normalized spacial score (nSPS) is 11.4. The molecule has 0 heterocycles. The van der Waals surface area contributed by atoms with E-state index in [4.69, 9.17) is 0 Å². The van der Waals surface area contributed by atoms with E-state index in [0.29, 0.717) is 16.8 Å². The molecule has 2 aromatic rings. The third-order valence-electron chi connectivity index (χ3n) is 4.66. The molecule has 2 rings (SSSR count). The van der Waals surface area contributed by atoms with Crippen molar-refractivity contribution in [3.63, 3.8) is 0 Å². The number of hydrogen-bond acceptors (Lipinski definition) is 3. The van der Waals surface area contributed by atoms with E-state index in [-0.39, 0.29) is 11.4 Å². The fraction of sp³-hybridized carbons (Fsp3) is 0.350. The van der Waals surface area contributed by atoms with Crippen molar-refractivity contribution < 1.29 is 13.2 Å². The molecular formula is C20H26N2O3S. The smallest absolute Gasteiger partial charge is 0.241 e. The van der Waals surface area contributed by atoms with Crippen LogP contribution in [0.4, 0.5) is 5.69 Å². The molecule has 0 saturated carbocycles. The minimum atomic E-state index is -3.78. The molecule has 2 N–H and O–H groups in total. The molecular weight excluding hydrogens is 348 g/mol. The highest BCUT2D eigenvalue weighted by Gasteiger charge is 2.22. The molecule has 0 saturated heterocycles. The minimum absolute atomic E-state index is 0.261. The molecule has 140 valence electrons. The molecule has 0 atom stereocenters. The summed E-state index contributed by atoms with van der Waals surface area (Å²) < 4.78 is 28.0. The van der Waals surface area contributed by atoms with Gasteiger partial charge in [0.05, 0.1) is 11.4 Å². The molecule has 0 unspecified atom stereocenters. The molecule has 6 heteroatoms. The van der Waals surface area contributed by atoms with Crippen molar-refractivity contribution >= 4 is 21.6 Å². The van der Waals surface area contributed by atoms with Crippen LogP contribution in [0.1, 0.15) is 34.7 Å². The van der Waals surface area contributed by atoms with Gasteiger partial charge in [0.25, 0.3) is 0 Å². The number of nitrogens with one attached hydrogen (secondary N) is 2. The van der Waals surface area contributed by atoms with E-state index in [2.05, 4.69) is 10.0 Å². The second-order valence-corrected chi connectivity index (χ2v) is 8.18. The molecule has 0 aliphatic rings. The zero-order chi connectivity index (χ0) is 19.5. The van der Waals surface area contributed by atoms with E-state index < -0.39 is 15.9 Å². The summed E-state index contributed by atoms with van der Waals surface area (Å²) in [5.41, 5.74) is 4.95. The summed E-state index contributed by atoms with van der Waals surface area (Å²) in [5, 5.41) is 2.77. The molecule has 0 aromatic heterocycles. The van der Waals surface area contributed by atoms with Gasteiger partial charge in [0.2, 0.25) is 15.9 Å². The van der Waals surface area contributed by atoms with Gasteiger partial charge in [-0.25, -0.2) is 13.1 Å². The van der Waals surface area contributed by atoms with Crippen LogP contribution in [0, 0.1) is 27.7 Å². The van der Waals surface area contributed by atoms with Crippen LogP contribution in [-0.2, 0) is 21.2 Å². The average Bonchev–Trinajstić information content (AvgIpc) is 2.59. The third kappa shape index (κ3) is 4.31. The van der Waals surface area contributed by atoms with Crippen molar-refractivity contribution in [2.24, 2.45) is 0 Å². The molecule has 0 aliphatic heterocycles. The molecule has 26 heavy (non-hydrogen) atoms. The second kappa shape index (κ2) is 8.01. The Bertz CT molecular complexity index is 908. The average molecular weight is 375 g/mol. The summed E-state index contributed by atoms with van der Waals surface area (Å²) in [5.74, 6) is -0.394. The molecule has 2 aromatic carbocycles. The predicted molar refractivity (Wildman–Crippen MR) is 105 cm³/mol. The summed E-state index contributed by atoms with van der Waals surface area (Å²) in [6.07, 6.45) is 0.781. The number of rotatable bonds is 6. The van der Waals surface area contributed by atoms with E-state index in [1.807, 2.05) is 51.1 Å². The molecule has 5 nitrogen and oxygen atoms in total. The van der Waals surface area contributed by atoms with Crippen LogP contribution in [0.5, 0.6) is 0 Å². The highest BCUT2D eigenvalue weighted by Crippen LogP contribution is 2.25. The van der Waals surface area contributed by atoms with Gasteiger partial charge in [-0.15, -0.1) is 0 Å². The standard InChI is InChI=1S/C20H26N2O3S/c1-6-17-9-7-8-10-18(17)22-19(23)12-21-26(24,25)20-15(4)13(2)11-14(3)16(20)5/h7-11,21H,6,12H2,1-5H3,(H,22,23). The summed E-state index contributed by atoms with van der Waals surface area (Å²) >= 11 is 0.